The minimum atomic E-state index is -0.147. The molecule has 3 nitrogen and oxygen atoms in total. The molecule has 98 valence electrons. The molecule has 3 rings (SSSR count). The van der Waals surface area contributed by atoms with Crippen molar-refractivity contribution in [1.82, 2.24) is 0 Å². The van der Waals surface area contributed by atoms with E-state index < -0.39 is 0 Å². The Morgan fingerprint density at radius 2 is 2.06 bits per heavy atom. The second-order valence-electron chi connectivity index (χ2n) is 6.11. The molecule has 0 aromatic heterocycles. The third kappa shape index (κ3) is 1.61. The van der Waals surface area contributed by atoms with E-state index in [1.54, 1.807) is 7.11 Å². The van der Waals surface area contributed by atoms with Gasteiger partial charge in [-0.3, -0.25) is 0 Å². The maximum absolute atomic E-state index is 6.32. The van der Waals surface area contributed by atoms with Crippen molar-refractivity contribution in [2.24, 2.45) is 11.1 Å². The third-order valence-corrected chi connectivity index (χ3v) is 4.84. The van der Waals surface area contributed by atoms with Crippen molar-refractivity contribution in [1.29, 1.82) is 0 Å². The van der Waals surface area contributed by atoms with E-state index in [-0.39, 0.29) is 17.1 Å². The Hall–Kier alpha value is -1.22. The number of hydrogen-bond donors (Lipinski definition) is 1. The molecule has 2 atom stereocenters. The number of nitrogens with two attached hydrogens (primary N) is 1. The van der Waals surface area contributed by atoms with E-state index in [0.29, 0.717) is 0 Å². The van der Waals surface area contributed by atoms with Gasteiger partial charge in [-0.25, -0.2) is 0 Å². The van der Waals surface area contributed by atoms with Crippen LogP contribution in [0.25, 0.3) is 0 Å². The fourth-order valence-electron chi connectivity index (χ4n) is 2.94. The molecule has 1 aliphatic heterocycles. The maximum atomic E-state index is 6.32. The van der Waals surface area contributed by atoms with Gasteiger partial charge in [-0.05, 0) is 25.8 Å². The molecule has 0 saturated heterocycles. The van der Waals surface area contributed by atoms with Crippen molar-refractivity contribution in [3.63, 3.8) is 0 Å². The number of fused-ring (bicyclic) bond motifs is 1. The molecular formula is C15H21NO2. The van der Waals surface area contributed by atoms with Gasteiger partial charge in [0.2, 0.25) is 0 Å². The molecule has 0 bridgehead atoms. The summed E-state index contributed by atoms with van der Waals surface area (Å²) in [6, 6.07) is 5.98. The summed E-state index contributed by atoms with van der Waals surface area (Å²) in [6.07, 6.45) is 3.36. The molecule has 2 N–H and O–H groups in total. The summed E-state index contributed by atoms with van der Waals surface area (Å²) in [6.45, 7) is 4.49. The quantitative estimate of drug-likeness (QED) is 0.873. The first-order valence-electron chi connectivity index (χ1n) is 6.60. The van der Waals surface area contributed by atoms with Gasteiger partial charge in [0.25, 0.3) is 0 Å². The van der Waals surface area contributed by atoms with Crippen LogP contribution in [0.4, 0.5) is 0 Å². The van der Waals surface area contributed by atoms with Crippen LogP contribution in [0.1, 0.15) is 44.7 Å². The van der Waals surface area contributed by atoms with E-state index in [0.717, 1.165) is 23.5 Å². The van der Waals surface area contributed by atoms with Crippen LogP contribution in [0.5, 0.6) is 11.5 Å². The average Bonchev–Trinajstić information content (AvgIpc) is 3.08. The normalized spacial score (nSPS) is 32.3. The lowest BCUT2D eigenvalue weighted by Crippen LogP contribution is -2.46. The molecule has 0 spiro atoms. The lowest BCUT2D eigenvalue weighted by atomic mass is 9.78. The lowest BCUT2D eigenvalue weighted by Gasteiger charge is -2.43. The summed E-state index contributed by atoms with van der Waals surface area (Å²) in [5.41, 5.74) is 7.55. The van der Waals surface area contributed by atoms with Gasteiger partial charge >= 0.3 is 0 Å². The summed E-state index contributed by atoms with van der Waals surface area (Å²) in [4.78, 5) is 0. The van der Waals surface area contributed by atoms with Crippen molar-refractivity contribution < 1.29 is 9.47 Å². The zero-order chi connectivity index (χ0) is 13.0. The largest absolute Gasteiger partial charge is 0.497 e. The van der Waals surface area contributed by atoms with Crippen LogP contribution in [0, 0.1) is 5.41 Å². The van der Waals surface area contributed by atoms with Crippen molar-refractivity contribution in [2.45, 2.75) is 44.8 Å². The van der Waals surface area contributed by atoms with E-state index in [1.165, 1.54) is 12.8 Å². The molecule has 0 amide bonds. The first kappa shape index (κ1) is 11.8. The molecule has 1 aromatic carbocycles. The Morgan fingerprint density at radius 3 is 2.67 bits per heavy atom. The highest BCUT2D eigenvalue weighted by Gasteiger charge is 2.57. The number of methoxy groups -OCH3 is 1. The van der Waals surface area contributed by atoms with Crippen LogP contribution in [-0.4, -0.2) is 12.7 Å². The first-order chi connectivity index (χ1) is 8.47. The van der Waals surface area contributed by atoms with Crippen molar-refractivity contribution >= 4 is 0 Å². The van der Waals surface area contributed by atoms with Crippen LogP contribution in [0.3, 0.4) is 0 Å². The van der Waals surface area contributed by atoms with Crippen molar-refractivity contribution in [3.8, 4) is 11.5 Å². The van der Waals surface area contributed by atoms with Gasteiger partial charge in [0.15, 0.2) is 0 Å². The molecule has 18 heavy (non-hydrogen) atoms. The molecule has 1 aliphatic carbocycles. The van der Waals surface area contributed by atoms with E-state index in [4.69, 9.17) is 15.2 Å². The zero-order valence-corrected chi connectivity index (χ0v) is 11.3. The monoisotopic (exact) mass is 247 g/mol. The highest BCUT2D eigenvalue weighted by atomic mass is 16.5. The molecule has 1 saturated carbocycles. The molecule has 3 heteroatoms. The lowest BCUT2D eigenvalue weighted by molar-refractivity contribution is -0.00910. The molecule has 1 unspecified atom stereocenters. The SMILES string of the molecule is COc1ccc2c(c1)OC(C)(C1(C)CC1)C[C@@H]2N. The minimum absolute atomic E-state index is 0.0575. The van der Waals surface area contributed by atoms with Gasteiger partial charge in [0, 0.05) is 29.5 Å². The summed E-state index contributed by atoms with van der Waals surface area (Å²) in [7, 11) is 1.67. The first-order valence-corrected chi connectivity index (χ1v) is 6.60. The molecule has 1 heterocycles. The highest BCUT2D eigenvalue weighted by Crippen LogP contribution is 2.59. The second kappa shape index (κ2) is 3.64. The Morgan fingerprint density at radius 1 is 1.33 bits per heavy atom. The van der Waals surface area contributed by atoms with Gasteiger partial charge in [0.05, 0.1) is 7.11 Å². The Labute approximate surface area is 108 Å². The predicted octanol–water partition coefficient (Wildman–Crippen LogP) is 3.04. The minimum Gasteiger partial charge on any atom is -0.497 e. The zero-order valence-electron chi connectivity index (χ0n) is 11.3. The standard InChI is InChI=1S/C15H21NO2/c1-14(6-7-14)15(2)9-12(16)11-5-4-10(17-3)8-13(11)18-15/h4-5,8,12H,6-7,9,16H2,1-3H3/t12-,15?/m0/s1. The molecule has 1 fully saturated rings. The van der Waals surface area contributed by atoms with Crippen molar-refractivity contribution in [2.75, 3.05) is 7.11 Å². The molecular weight excluding hydrogens is 226 g/mol. The summed E-state index contributed by atoms with van der Waals surface area (Å²) < 4.78 is 11.6. The van der Waals surface area contributed by atoms with Crippen LogP contribution < -0.4 is 15.2 Å². The summed E-state index contributed by atoms with van der Waals surface area (Å²) in [5, 5.41) is 0. The van der Waals surface area contributed by atoms with Gasteiger partial charge in [-0.15, -0.1) is 0 Å². The van der Waals surface area contributed by atoms with Crippen LogP contribution in [-0.2, 0) is 0 Å². The average molecular weight is 247 g/mol. The van der Waals surface area contributed by atoms with E-state index in [1.807, 2.05) is 18.2 Å². The van der Waals surface area contributed by atoms with E-state index >= 15 is 0 Å². The van der Waals surface area contributed by atoms with Crippen LogP contribution >= 0.6 is 0 Å². The van der Waals surface area contributed by atoms with E-state index in [9.17, 15) is 0 Å². The topological polar surface area (TPSA) is 44.5 Å². The van der Waals surface area contributed by atoms with Crippen LogP contribution in [0.2, 0.25) is 0 Å². The highest BCUT2D eigenvalue weighted by molar-refractivity contribution is 5.45. The molecule has 2 aliphatic rings. The van der Waals surface area contributed by atoms with Gasteiger partial charge in [-0.2, -0.15) is 0 Å². The maximum Gasteiger partial charge on any atom is 0.128 e. The predicted molar refractivity (Wildman–Crippen MR) is 70.9 cm³/mol. The molecule has 1 aromatic rings. The second-order valence-corrected chi connectivity index (χ2v) is 6.11. The Balaban J connectivity index is 2.00. The number of hydrogen-bond acceptors (Lipinski definition) is 3. The summed E-state index contributed by atoms with van der Waals surface area (Å²) >= 11 is 0. The van der Waals surface area contributed by atoms with Crippen molar-refractivity contribution in [3.05, 3.63) is 23.8 Å². The number of rotatable bonds is 2. The fraction of sp³-hybridized carbons (Fsp3) is 0.600. The molecule has 0 radical (unpaired) electrons. The fourth-order valence-corrected chi connectivity index (χ4v) is 2.94. The van der Waals surface area contributed by atoms with Gasteiger partial charge < -0.3 is 15.2 Å². The Bertz CT molecular complexity index is 481. The summed E-state index contributed by atoms with van der Waals surface area (Å²) in [5.74, 6) is 1.72. The number of benzene rings is 1. The smallest absolute Gasteiger partial charge is 0.128 e. The van der Waals surface area contributed by atoms with Gasteiger partial charge in [-0.1, -0.05) is 13.0 Å². The third-order valence-electron chi connectivity index (χ3n) is 4.84. The number of ether oxygens (including phenoxy) is 2. The van der Waals surface area contributed by atoms with E-state index in [2.05, 4.69) is 13.8 Å². The van der Waals surface area contributed by atoms with Gasteiger partial charge in [0.1, 0.15) is 17.1 Å². The van der Waals surface area contributed by atoms with Crippen LogP contribution in [0.15, 0.2) is 18.2 Å². The Kier molecular flexibility index (Phi) is 2.39.